The summed E-state index contributed by atoms with van der Waals surface area (Å²) in [5, 5.41) is 2.13. The van der Waals surface area contributed by atoms with Crippen molar-refractivity contribution in [3.05, 3.63) is 118 Å². The van der Waals surface area contributed by atoms with Crippen molar-refractivity contribution in [3.63, 3.8) is 0 Å². The van der Waals surface area contributed by atoms with E-state index < -0.39 is 0 Å². The molecule has 1 amide bonds. The molecule has 0 aliphatic carbocycles. The van der Waals surface area contributed by atoms with Gasteiger partial charge < -0.3 is 9.64 Å². The van der Waals surface area contributed by atoms with Gasteiger partial charge in [-0.3, -0.25) is 9.78 Å². The minimum atomic E-state index is -0.0507. The quantitative estimate of drug-likeness (QED) is 0.423. The SMILES string of the molecule is O=C(c1ccc(OCc2cccnc2)cc1)N1CCc2sccc2C1c1ccccc1. The second kappa shape index (κ2) is 8.74. The topological polar surface area (TPSA) is 42.4 Å². The van der Waals surface area contributed by atoms with Crippen LogP contribution < -0.4 is 4.74 Å². The third-order valence-corrected chi connectivity index (χ3v) is 6.57. The standard InChI is InChI=1S/C26H22N2O2S/c29-26(21-8-10-22(11-9-21)30-18-19-5-4-14-27-17-19)28-15-12-24-23(13-16-31-24)25(28)20-6-2-1-3-7-20/h1-11,13-14,16-17,25H,12,15,18H2. The molecule has 1 aliphatic rings. The number of hydrogen-bond donors (Lipinski definition) is 0. The van der Waals surface area contributed by atoms with Crippen LogP contribution in [0.3, 0.4) is 0 Å². The predicted octanol–water partition coefficient (Wildman–Crippen LogP) is 5.51. The van der Waals surface area contributed by atoms with Crippen LogP contribution in [0.5, 0.6) is 5.75 Å². The van der Waals surface area contributed by atoms with Crippen LogP contribution in [-0.4, -0.2) is 22.3 Å². The highest BCUT2D eigenvalue weighted by molar-refractivity contribution is 7.10. The summed E-state index contributed by atoms with van der Waals surface area (Å²) >= 11 is 1.78. The van der Waals surface area contributed by atoms with E-state index in [1.807, 2.05) is 59.5 Å². The Morgan fingerprint density at radius 3 is 2.65 bits per heavy atom. The van der Waals surface area contributed by atoms with Crippen LogP contribution in [0.15, 0.2) is 90.6 Å². The molecule has 31 heavy (non-hydrogen) atoms. The van der Waals surface area contributed by atoms with Crippen molar-refractivity contribution in [3.8, 4) is 5.75 Å². The van der Waals surface area contributed by atoms with Crippen molar-refractivity contribution < 1.29 is 9.53 Å². The maximum absolute atomic E-state index is 13.5. The number of pyridine rings is 1. The summed E-state index contributed by atoms with van der Waals surface area (Å²) in [7, 11) is 0. The Labute approximate surface area is 185 Å². The molecule has 4 nitrogen and oxygen atoms in total. The minimum absolute atomic E-state index is 0.0458. The maximum Gasteiger partial charge on any atom is 0.254 e. The van der Waals surface area contributed by atoms with Crippen molar-refractivity contribution in [1.82, 2.24) is 9.88 Å². The zero-order chi connectivity index (χ0) is 21.0. The molecular weight excluding hydrogens is 404 g/mol. The number of fused-ring (bicyclic) bond motifs is 1. The molecule has 0 spiro atoms. The summed E-state index contributed by atoms with van der Waals surface area (Å²) in [5.41, 5.74) is 4.07. The summed E-state index contributed by atoms with van der Waals surface area (Å²) in [6.45, 7) is 1.16. The van der Waals surface area contributed by atoms with Gasteiger partial charge in [-0.15, -0.1) is 11.3 Å². The van der Waals surface area contributed by atoms with Gasteiger partial charge >= 0.3 is 0 Å². The van der Waals surface area contributed by atoms with Crippen LogP contribution in [0.2, 0.25) is 0 Å². The first-order valence-electron chi connectivity index (χ1n) is 10.3. The number of amides is 1. The van der Waals surface area contributed by atoms with Crippen molar-refractivity contribution >= 4 is 17.2 Å². The molecule has 0 radical (unpaired) electrons. The Hall–Kier alpha value is -3.44. The van der Waals surface area contributed by atoms with Gasteiger partial charge in [-0.25, -0.2) is 0 Å². The fourth-order valence-electron chi connectivity index (χ4n) is 4.04. The molecule has 1 aliphatic heterocycles. The maximum atomic E-state index is 13.5. The smallest absolute Gasteiger partial charge is 0.254 e. The predicted molar refractivity (Wildman–Crippen MR) is 122 cm³/mol. The lowest BCUT2D eigenvalue weighted by molar-refractivity contribution is 0.0696. The molecule has 154 valence electrons. The van der Waals surface area contributed by atoms with Crippen LogP contribution in [0.25, 0.3) is 0 Å². The molecule has 0 bridgehead atoms. The van der Waals surface area contributed by atoms with Crippen molar-refractivity contribution in [2.24, 2.45) is 0 Å². The fourth-order valence-corrected chi connectivity index (χ4v) is 4.94. The number of aromatic nitrogens is 1. The summed E-state index contributed by atoms with van der Waals surface area (Å²) in [6, 6.07) is 23.7. The molecule has 4 aromatic rings. The van der Waals surface area contributed by atoms with E-state index in [2.05, 4.69) is 28.6 Å². The summed E-state index contributed by atoms with van der Waals surface area (Å²) < 4.78 is 5.84. The van der Waals surface area contributed by atoms with Gasteiger partial charge in [-0.2, -0.15) is 0 Å². The van der Waals surface area contributed by atoms with Crippen LogP contribution >= 0.6 is 11.3 Å². The molecule has 0 fully saturated rings. The lowest BCUT2D eigenvalue weighted by atomic mass is 9.92. The summed E-state index contributed by atoms with van der Waals surface area (Å²) in [5.74, 6) is 0.781. The van der Waals surface area contributed by atoms with Crippen LogP contribution in [0.1, 0.15) is 38.0 Å². The second-order valence-corrected chi connectivity index (χ2v) is 8.54. The number of carbonyl (C=O) groups excluding carboxylic acids is 1. The lowest BCUT2D eigenvalue weighted by Gasteiger charge is -2.36. The average molecular weight is 427 g/mol. The van der Waals surface area contributed by atoms with Gasteiger partial charge in [0.25, 0.3) is 5.91 Å². The highest BCUT2D eigenvalue weighted by atomic mass is 32.1. The number of rotatable bonds is 5. The third-order valence-electron chi connectivity index (χ3n) is 5.57. The van der Waals surface area contributed by atoms with Crippen molar-refractivity contribution in [2.45, 2.75) is 19.1 Å². The average Bonchev–Trinajstić information content (AvgIpc) is 3.32. The molecule has 2 aromatic carbocycles. The molecule has 2 aromatic heterocycles. The van der Waals surface area contributed by atoms with E-state index in [0.717, 1.165) is 23.3 Å². The van der Waals surface area contributed by atoms with Gasteiger partial charge in [0.2, 0.25) is 0 Å². The Kier molecular flexibility index (Phi) is 5.50. The highest BCUT2D eigenvalue weighted by Crippen LogP contribution is 2.38. The lowest BCUT2D eigenvalue weighted by Crippen LogP contribution is -2.40. The normalized spacial score (nSPS) is 15.4. The number of carbonyl (C=O) groups is 1. The number of ether oxygens (including phenoxy) is 1. The summed E-state index contributed by atoms with van der Waals surface area (Å²) in [6.07, 6.45) is 4.43. The second-order valence-electron chi connectivity index (χ2n) is 7.54. The number of nitrogens with zero attached hydrogens (tertiary/aromatic N) is 2. The zero-order valence-electron chi connectivity index (χ0n) is 17.0. The van der Waals surface area contributed by atoms with Gasteiger partial charge in [0.1, 0.15) is 12.4 Å². The number of thiophene rings is 1. The minimum Gasteiger partial charge on any atom is -0.489 e. The monoisotopic (exact) mass is 426 g/mol. The Balaban J connectivity index is 1.36. The zero-order valence-corrected chi connectivity index (χ0v) is 17.8. The molecule has 1 atom stereocenters. The molecule has 5 heteroatoms. The van der Waals surface area contributed by atoms with Gasteiger partial charge in [0, 0.05) is 34.9 Å². The summed E-state index contributed by atoms with van der Waals surface area (Å²) in [4.78, 5) is 21.0. The van der Waals surface area contributed by atoms with E-state index >= 15 is 0 Å². The molecule has 0 saturated heterocycles. The fraction of sp³-hybridized carbons (Fsp3) is 0.154. The Morgan fingerprint density at radius 1 is 1.03 bits per heavy atom. The van der Waals surface area contributed by atoms with Crippen LogP contribution in [0.4, 0.5) is 0 Å². The van der Waals surface area contributed by atoms with E-state index in [1.54, 1.807) is 23.7 Å². The van der Waals surface area contributed by atoms with Crippen molar-refractivity contribution in [2.75, 3.05) is 6.54 Å². The van der Waals surface area contributed by atoms with E-state index in [4.69, 9.17) is 4.74 Å². The van der Waals surface area contributed by atoms with Crippen LogP contribution in [0, 0.1) is 0 Å². The Bertz CT molecular complexity index is 1160. The first-order chi connectivity index (χ1) is 15.3. The number of benzene rings is 2. The molecular formula is C26H22N2O2S. The van der Waals surface area contributed by atoms with Gasteiger partial charge in [0.05, 0.1) is 6.04 Å². The first-order valence-corrected chi connectivity index (χ1v) is 11.2. The molecule has 0 saturated carbocycles. The third kappa shape index (κ3) is 4.09. The van der Waals surface area contributed by atoms with Crippen LogP contribution in [-0.2, 0) is 13.0 Å². The van der Waals surface area contributed by atoms with Crippen molar-refractivity contribution in [1.29, 1.82) is 0 Å². The first kappa shape index (κ1) is 19.5. The molecule has 5 rings (SSSR count). The van der Waals surface area contributed by atoms with Gasteiger partial charge in [0.15, 0.2) is 0 Å². The molecule has 3 heterocycles. The van der Waals surface area contributed by atoms with Gasteiger partial charge in [-0.1, -0.05) is 36.4 Å². The Morgan fingerprint density at radius 2 is 1.87 bits per heavy atom. The van der Waals surface area contributed by atoms with E-state index in [-0.39, 0.29) is 11.9 Å². The molecule has 0 N–H and O–H groups in total. The van der Waals surface area contributed by atoms with E-state index in [0.29, 0.717) is 18.7 Å². The van der Waals surface area contributed by atoms with E-state index in [9.17, 15) is 4.79 Å². The van der Waals surface area contributed by atoms with Gasteiger partial charge in [-0.05, 0) is 59.3 Å². The highest BCUT2D eigenvalue weighted by Gasteiger charge is 2.33. The number of hydrogen-bond acceptors (Lipinski definition) is 4. The molecule has 1 unspecified atom stereocenters. The largest absolute Gasteiger partial charge is 0.489 e. The van der Waals surface area contributed by atoms with E-state index in [1.165, 1.54) is 10.4 Å².